The number of nitrogens with zero attached hydrogens (tertiary/aromatic N) is 1. The fraction of sp³-hybridized carbons (Fsp3) is 0.200. The number of hydrogen-bond donors (Lipinski definition) is 2. The van der Waals surface area contributed by atoms with Crippen molar-refractivity contribution in [2.24, 2.45) is 5.14 Å². The number of hydrogen-bond acceptors (Lipinski definition) is 5. The molecule has 0 bridgehead atoms. The number of benzene rings is 2. The van der Waals surface area contributed by atoms with E-state index in [0.29, 0.717) is 0 Å². The summed E-state index contributed by atoms with van der Waals surface area (Å²) in [6.45, 7) is 0. The Kier molecular flexibility index (Phi) is 3.78. The van der Waals surface area contributed by atoms with E-state index in [2.05, 4.69) is 5.32 Å². The van der Waals surface area contributed by atoms with Gasteiger partial charge in [0.2, 0.25) is 10.0 Å². The van der Waals surface area contributed by atoms with Crippen molar-refractivity contribution in [1.82, 2.24) is 0 Å². The molecule has 8 heteroatoms. The van der Waals surface area contributed by atoms with Crippen LogP contribution >= 0.6 is 0 Å². The number of sulfonamides is 1. The standard InChI is InChI=1S/C15H15N3O4S/c16-23(21,22)15-9-11(18(19)20)6-8-14(15)17-13-7-5-10-3-1-2-4-12(10)13/h1-4,6,8-9,13,17H,5,7H2,(H2,16,21,22). The van der Waals surface area contributed by atoms with Gasteiger partial charge in [0.15, 0.2) is 0 Å². The zero-order valence-corrected chi connectivity index (χ0v) is 12.9. The van der Waals surface area contributed by atoms with E-state index >= 15 is 0 Å². The Morgan fingerprint density at radius 3 is 2.65 bits per heavy atom. The Bertz CT molecular complexity index is 880. The first-order valence-electron chi connectivity index (χ1n) is 7.02. The third kappa shape index (κ3) is 3.03. The molecule has 1 atom stereocenters. The minimum Gasteiger partial charge on any atom is -0.377 e. The smallest absolute Gasteiger partial charge is 0.270 e. The molecule has 23 heavy (non-hydrogen) atoms. The van der Waals surface area contributed by atoms with Crippen molar-refractivity contribution in [2.45, 2.75) is 23.8 Å². The number of primary sulfonamides is 1. The fourth-order valence-corrected chi connectivity index (χ4v) is 3.59. The number of nitrogens with one attached hydrogen (secondary N) is 1. The lowest BCUT2D eigenvalue weighted by atomic mass is 10.1. The number of rotatable bonds is 4. The van der Waals surface area contributed by atoms with Gasteiger partial charge in [0.25, 0.3) is 5.69 Å². The summed E-state index contributed by atoms with van der Waals surface area (Å²) in [4.78, 5) is 9.93. The van der Waals surface area contributed by atoms with E-state index in [1.807, 2.05) is 24.3 Å². The van der Waals surface area contributed by atoms with Crippen LogP contribution in [0.15, 0.2) is 47.4 Å². The molecule has 0 fully saturated rings. The summed E-state index contributed by atoms with van der Waals surface area (Å²) in [6.07, 6.45) is 1.71. The lowest BCUT2D eigenvalue weighted by Gasteiger charge is -2.17. The van der Waals surface area contributed by atoms with Crippen molar-refractivity contribution >= 4 is 21.4 Å². The first-order chi connectivity index (χ1) is 10.9. The highest BCUT2D eigenvalue weighted by molar-refractivity contribution is 7.89. The average molecular weight is 333 g/mol. The second-order valence-electron chi connectivity index (χ2n) is 5.42. The molecule has 2 aromatic rings. The van der Waals surface area contributed by atoms with Gasteiger partial charge in [0, 0.05) is 12.1 Å². The molecule has 7 nitrogen and oxygen atoms in total. The van der Waals surface area contributed by atoms with E-state index < -0.39 is 14.9 Å². The normalized spacial score (nSPS) is 16.8. The van der Waals surface area contributed by atoms with Gasteiger partial charge in [-0.05, 0) is 30.0 Å². The van der Waals surface area contributed by atoms with Crippen LogP contribution in [-0.4, -0.2) is 13.3 Å². The quantitative estimate of drug-likeness (QED) is 0.658. The highest BCUT2D eigenvalue weighted by atomic mass is 32.2. The molecule has 3 N–H and O–H groups in total. The maximum atomic E-state index is 11.8. The Balaban J connectivity index is 1.99. The zero-order valence-electron chi connectivity index (χ0n) is 12.1. The summed E-state index contributed by atoms with van der Waals surface area (Å²) >= 11 is 0. The lowest BCUT2D eigenvalue weighted by Crippen LogP contribution is -2.17. The Labute approximate surface area is 133 Å². The molecule has 1 aliphatic carbocycles. The van der Waals surface area contributed by atoms with Crippen molar-refractivity contribution in [3.8, 4) is 0 Å². The van der Waals surface area contributed by atoms with Crippen LogP contribution < -0.4 is 10.5 Å². The second-order valence-corrected chi connectivity index (χ2v) is 6.95. The second kappa shape index (κ2) is 5.64. The molecule has 0 radical (unpaired) electrons. The maximum absolute atomic E-state index is 11.8. The molecular formula is C15H15N3O4S. The molecule has 0 amide bonds. The molecule has 1 aliphatic rings. The predicted molar refractivity (Wildman–Crippen MR) is 85.6 cm³/mol. The van der Waals surface area contributed by atoms with Gasteiger partial charge in [-0.2, -0.15) is 0 Å². The summed E-state index contributed by atoms with van der Waals surface area (Å²) in [5.74, 6) is 0. The average Bonchev–Trinajstić information content (AvgIpc) is 2.90. The molecular weight excluding hydrogens is 318 g/mol. The van der Waals surface area contributed by atoms with Crippen LogP contribution in [0.5, 0.6) is 0 Å². The highest BCUT2D eigenvalue weighted by Crippen LogP contribution is 2.36. The molecule has 0 heterocycles. The van der Waals surface area contributed by atoms with E-state index in [1.54, 1.807) is 0 Å². The van der Waals surface area contributed by atoms with Crippen LogP contribution in [0.2, 0.25) is 0 Å². The summed E-state index contributed by atoms with van der Waals surface area (Å²) in [5, 5.41) is 19.2. The third-order valence-electron chi connectivity index (χ3n) is 3.95. The monoisotopic (exact) mass is 333 g/mol. The van der Waals surface area contributed by atoms with E-state index in [1.165, 1.54) is 17.7 Å². The minimum atomic E-state index is -4.08. The zero-order chi connectivity index (χ0) is 16.6. The Morgan fingerprint density at radius 1 is 1.22 bits per heavy atom. The van der Waals surface area contributed by atoms with Gasteiger partial charge in [-0.1, -0.05) is 24.3 Å². The number of nitro groups is 1. The topological polar surface area (TPSA) is 115 Å². The first kappa shape index (κ1) is 15.4. The van der Waals surface area contributed by atoms with Crippen LogP contribution in [0, 0.1) is 10.1 Å². The summed E-state index contributed by atoms with van der Waals surface area (Å²) in [7, 11) is -4.08. The molecule has 0 aromatic heterocycles. The molecule has 1 unspecified atom stereocenters. The van der Waals surface area contributed by atoms with Crippen LogP contribution in [0.25, 0.3) is 0 Å². The summed E-state index contributed by atoms with van der Waals surface area (Å²) in [5.41, 5.74) is 2.28. The van der Waals surface area contributed by atoms with Crippen LogP contribution in [-0.2, 0) is 16.4 Å². The molecule has 120 valence electrons. The molecule has 2 aromatic carbocycles. The van der Waals surface area contributed by atoms with Gasteiger partial charge in [-0.15, -0.1) is 0 Å². The molecule has 0 saturated carbocycles. The number of aryl methyl sites for hydroxylation is 1. The van der Waals surface area contributed by atoms with Gasteiger partial charge in [0.05, 0.1) is 16.7 Å². The van der Waals surface area contributed by atoms with Crippen molar-refractivity contribution in [3.05, 3.63) is 63.7 Å². The highest BCUT2D eigenvalue weighted by Gasteiger charge is 2.25. The van der Waals surface area contributed by atoms with E-state index in [9.17, 15) is 18.5 Å². The lowest BCUT2D eigenvalue weighted by molar-refractivity contribution is -0.385. The first-order valence-corrected chi connectivity index (χ1v) is 8.56. The molecule has 0 aliphatic heterocycles. The molecule has 0 saturated heterocycles. The predicted octanol–water partition coefficient (Wildman–Crippen LogP) is 2.34. The van der Waals surface area contributed by atoms with E-state index in [-0.39, 0.29) is 22.3 Å². The Hall–Kier alpha value is -2.45. The van der Waals surface area contributed by atoms with Gasteiger partial charge < -0.3 is 5.32 Å². The molecule has 0 spiro atoms. The van der Waals surface area contributed by atoms with E-state index in [4.69, 9.17) is 5.14 Å². The van der Waals surface area contributed by atoms with Gasteiger partial charge >= 0.3 is 0 Å². The van der Waals surface area contributed by atoms with Gasteiger partial charge in [0.1, 0.15) is 4.90 Å². The number of non-ortho nitro benzene ring substituents is 1. The summed E-state index contributed by atoms with van der Waals surface area (Å²) in [6, 6.07) is 11.5. The largest absolute Gasteiger partial charge is 0.377 e. The maximum Gasteiger partial charge on any atom is 0.270 e. The number of fused-ring (bicyclic) bond motifs is 1. The van der Waals surface area contributed by atoms with Gasteiger partial charge in [-0.25, -0.2) is 13.6 Å². The van der Waals surface area contributed by atoms with Crippen LogP contribution in [0.3, 0.4) is 0 Å². The van der Waals surface area contributed by atoms with E-state index in [0.717, 1.165) is 24.5 Å². The Morgan fingerprint density at radius 2 is 1.96 bits per heavy atom. The van der Waals surface area contributed by atoms with Gasteiger partial charge in [-0.3, -0.25) is 10.1 Å². The fourth-order valence-electron chi connectivity index (χ4n) is 2.87. The van der Waals surface area contributed by atoms with Crippen LogP contribution in [0.4, 0.5) is 11.4 Å². The van der Waals surface area contributed by atoms with Crippen molar-refractivity contribution in [2.75, 3.05) is 5.32 Å². The summed E-state index contributed by atoms with van der Waals surface area (Å²) < 4.78 is 23.5. The van der Waals surface area contributed by atoms with Crippen molar-refractivity contribution in [1.29, 1.82) is 0 Å². The number of anilines is 1. The van der Waals surface area contributed by atoms with Crippen molar-refractivity contribution in [3.63, 3.8) is 0 Å². The number of nitro benzene ring substituents is 1. The molecule has 3 rings (SSSR count). The SMILES string of the molecule is NS(=O)(=O)c1cc([N+](=O)[O-])ccc1NC1CCc2ccccc21. The van der Waals surface area contributed by atoms with Crippen molar-refractivity contribution < 1.29 is 13.3 Å². The number of nitrogens with two attached hydrogens (primary N) is 1. The minimum absolute atomic E-state index is 0.0480. The van der Waals surface area contributed by atoms with Crippen LogP contribution in [0.1, 0.15) is 23.6 Å². The third-order valence-corrected chi connectivity index (χ3v) is 4.90.